The lowest BCUT2D eigenvalue weighted by atomic mass is 10.2. The Balaban J connectivity index is 2.15. The third-order valence-corrected chi connectivity index (χ3v) is 3.57. The fraction of sp³-hybridized carbons (Fsp3) is 0.429. The second-order valence-electron chi connectivity index (χ2n) is 4.71. The highest BCUT2D eigenvalue weighted by Crippen LogP contribution is 2.27. The zero-order chi connectivity index (χ0) is 14.7. The van der Waals surface area contributed by atoms with Crippen LogP contribution in [0.2, 0.25) is 5.02 Å². The van der Waals surface area contributed by atoms with Crippen LogP contribution in [0, 0.1) is 0 Å². The van der Waals surface area contributed by atoms with E-state index < -0.39 is 12.1 Å². The third-order valence-electron chi connectivity index (χ3n) is 3.26. The van der Waals surface area contributed by atoms with Gasteiger partial charge in [0.2, 0.25) is 0 Å². The molecule has 1 heterocycles. The van der Waals surface area contributed by atoms with Crippen LogP contribution in [-0.4, -0.2) is 41.1 Å². The lowest BCUT2D eigenvalue weighted by Crippen LogP contribution is -2.38. The van der Waals surface area contributed by atoms with Gasteiger partial charge in [-0.25, -0.2) is 4.79 Å². The summed E-state index contributed by atoms with van der Waals surface area (Å²) in [4.78, 5) is 25.1. The lowest BCUT2D eigenvalue weighted by molar-refractivity contribution is -0.136. The van der Waals surface area contributed by atoms with Crippen molar-refractivity contribution in [1.29, 1.82) is 0 Å². The number of ether oxygens (including phenoxy) is 1. The van der Waals surface area contributed by atoms with Gasteiger partial charge in [0.25, 0.3) is 5.91 Å². The summed E-state index contributed by atoms with van der Waals surface area (Å²) in [7, 11) is 0. The molecule has 1 unspecified atom stereocenters. The number of carboxylic acids is 1. The standard InChI is InChI=1S/C14H16ClNO4/c1-9(13(17)16-7-2-3-8-16)20-11-6-4-5-10(15)12(11)14(18)19/h4-6,9H,2-3,7-8H2,1H3,(H,18,19). The molecule has 1 saturated heterocycles. The van der Waals surface area contributed by atoms with Gasteiger partial charge >= 0.3 is 5.97 Å². The van der Waals surface area contributed by atoms with Gasteiger partial charge < -0.3 is 14.7 Å². The molecule has 108 valence electrons. The van der Waals surface area contributed by atoms with Crippen molar-refractivity contribution in [1.82, 2.24) is 4.90 Å². The van der Waals surface area contributed by atoms with Gasteiger partial charge in [-0.3, -0.25) is 4.79 Å². The first kappa shape index (κ1) is 14.7. The van der Waals surface area contributed by atoms with Crippen LogP contribution in [0.5, 0.6) is 5.75 Å². The molecule has 0 aromatic heterocycles. The SMILES string of the molecule is CC(Oc1cccc(Cl)c1C(=O)O)C(=O)N1CCCC1. The molecule has 1 aliphatic rings. The number of aromatic carboxylic acids is 1. The minimum atomic E-state index is -1.17. The van der Waals surface area contributed by atoms with E-state index in [-0.39, 0.29) is 22.2 Å². The average Bonchev–Trinajstić information content (AvgIpc) is 2.91. The number of hydrogen-bond donors (Lipinski definition) is 1. The predicted molar refractivity (Wildman–Crippen MR) is 74.3 cm³/mol. The third kappa shape index (κ3) is 3.04. The smallest absolute Gasteiger partial charge is 0.341 e. The van der Waals surface area contributed by atoms with Gasteiger partial charge in [0.1, 0.15) is 11.3 Å². The molecule has 1 N–H and O–H groups in total. The summed E-state index contributed by atoms with van der Waals surface area (Å²) in [5.41, 5.74) is -0.116. The summed E-state index contributed by atoms with van der Waals surface area (Å²) in [6, 6.07) is 4.57. The molecular weight excluding hydrogens is 282 g/mol. The fourth-order valence-corrected chi connectivity index (χ4v) is 2.49. The normalized spacial score (nSPS) is 16.0. The van der Waals surface area contributed by atoms with Gasteiger partial charge in [-0.1, -0.05) is 17.7 Å². The van der Waals surface area contributed by atoms with Crippen LogP contribution in [-0.2, 0) is 4.79 Å². The summed E-state index contributed by atoms with van der Waals surface area (Å²) in [6.07, 6.45) is 1.26. The van der Waals surface area contributed by atoms with E-state index >= 15 is 0 Å². The number of benzene rings is 1. The molecule has 5 nitrogen and oxygen atoms in total. The summed E-state index contributed by atoms with van der Waals surface area (Å²) in [5.74, 6) is -1.18. The molecule has 2 rings (SSSR count). The molecule has 20 heavy (non-hydrogen) atoms. The molecule has 0 bridgehead atoms. The van der Waals surface area contributed by atoms with E-state index in [2.05, 4.69) is 0 Å². The maximum absolute atomic E-state index is 12.1. The first-order valence-electron chi connectivity index (χ1n) is 6.48. The van der Waals surface area contributed by atoms with E-state index in [4.69, 9.17) is 21.4 Å². The molecule has 6 heteroatoms. The Hall–Kier alpha value is -1.75. The zero-order valence-electron chi connectivity index (χ0n) is 11.1. The van der Waals surface area contributed by atoms with Gasteiger partial charge in [0.05, 0.1) is 5.02 Å². The van der Waals surface area contributed by atoms with Crippen molar-refractivity contribution in [2.75, 3.05) is 13.1 Å². The van der Waals surface area contributed by atoms with E-state index in [9.17, 15) is 9.59 Å². The van der Waals surface area contributed by atoms with Crippen molar-refractivity contribution in [2.45, 2.75) is 25.9 Å². The monoisotopic (exact) mass is 297 g/mol. The first-order chi connectivity index (χ1) is 9.50. The number of hydrogen-bond acceptors (Lipinski definition) is 3. The van der Waals surface area contributed by atoms with Gasteiger partial charge in [-0.2, -0.15) is 0 Å². The second kappa shape index (κ2) is 6.13. The Morgan fingerprint density at radius 3 is 2.60 bits per heavy atom. The van der Waals surface area contributed by atoms with Crippen LogP contribution in [0.3, 0.4) is 0 Å². The lowest BCUT2D eigenvalue weighted by Gasteiger charge is -2.22. The van der Waals surface area contributed by atoms with Gasteiger partial charge in [-0.05, 0) is 31.9 Å². The highest BCUT2D eigenvalue weighted by Gasteiger charge is 2.26. The van der Waals surface area contributed by atoms with Crippen molar-refractivity contribution in [3.63, 3.8) is 0 Å². The molecule has 0 saturated carbocycles. The van der Waals surface area contributed by atoms with Crippen LogP contribution in [0.1, 0.15) is 30.1 Å². The molecule has 1 atom stereocenters. The van der Waals surface area contributed by atoms with E-state index in [0.717, 1.165) is 25.9 Å². The van der Waals surface area contributed by atoms with Crippen molar-refractivity contribution in [3.8, 4) is 5.75 Å². The Bertz CT molecular complexity index is 526. The van der Waals surface area contributed by atoms with E-state index in [0.29, 0.717) is 0 Å². The van der Waals surface area contributed by atoms with Crippen LogP contribution < -0.4 is 4.74 Å². The average molecular weight is 298 g/mol. The van der Waals surface area contributed by atoms with Gasteiger partial charge in [0.15, 0.2) is 6.10 Å². The van der Waals surface area contributed by atoms with E-state index in [1.807, 2.05) is 0 Å². The molecule has 1 aromatic carbocycles. The summed E-state index contributed by atoms with van der Waals surface area (Å²) in [5, 5.41) is 9.24. The van der Waals surface area contributed by atoms with E-state index in [1.165, 1.54) is 12.1 Å². The second-order valence-corrected chi connectivity index (χ2v) is 5.12. The topological polar surface area (TPSA) is 66.8 Å². The molecule has 1 aromatic rings. The molecule has 1 amide bonds. The summed E-state index contributed by atoms with van der Waals surface area (Å²) < 4.78 is 5.51. The number of amides is 1. The minimum Gasteiger partial charge on any atom is -0.480 e. The Kier molecular flexibility index (Phi) is 4.49. The number of nitrogens with zero attached hydrogens (tertiary/aromatic N) is 1. The zero-order valence-corrected chi connectivity index (χ0v) is 11.9. The fourth-order valence-electron chi connectivity index (χ4n) is 2.25. The van der Waals surface area contributed by atoms with E-state index in [1.54, 1.807) is 17.9 Å². The quantitative estimate of drug-likeness (QED) is 0.927. The summed E-state index contributed by atoms with van der Waals surface area (Å²) in [6.45, 7) is 3.08. The van der Waals surface area contributed by atoms with Crippen LogP contribution in [0.25, 0.3) is 0 Å². The Morgan fingerprint density at radius 1 is 1.35 bits per heavy atom. The highest BCUT2D eigenvalue weighted by atomic mass is 35.5. The van der Waals surface area contributed by atoms with Gasteiger partial charge in [0, 0.05) is 13.1 Å². The number of rotatable bonds is 4. The number of halogens is 1. The minimum absolute atomic E-state index is 0.0934. The van der Waals surface area contributed by atoms with Crippen molar-refractivity contribution < 1.29 is 19.4 Å². The van der Waals surface area contributed by atoms with Crippen molar-refractivity contribution in [3.05, 3.63) is 28.8 Å². The largest absolute Gasteiger partial charge is 0.480 e. The predicted octanol–water partition coefficient (Wildman–Crippen LogP) is 2.43. The molecule has 1 fully saturated rings. The van der Waals surface area contributed by atoms with Crippen molar-refractivity contribution in [2.24, 2.45) is 0 Å². The van der Waals surface area contributed by atoms with Crippen LogP contribution in [0.4, 0.5) is 0 Å². The highest BCUT2D eigenvalue weighted by molar-refractivity contribution is 6.33. The number of carbonyl (C=O) groups excluding carboxylic acids is 1. The van der Waals surface area contributed by atoms with Crippen LogP contribution >= 0.6 is 11.6 Å². The molecule has 0 spiro atoms. The summed E-state index contributed by atoms with van der Waals surface area (Å²) >= 11 is 5.86. The Labute approximate surface area is 122 Å². The van der Waals surface area contributed by atoms with Crippen LogP contribution in [0.15, 0.2) is 18.2 Å². The molecule has 0 aliphatic carbocycles. The number of carbonyl (C=O) groups is 2. The first-order valence-corrected chi connectivity index (χ1v) is 6.85. The maximum atomic E-state index is 12.1. The number of carboxylic acid groups (broad SMARTS) is 1. The maximum Gasteiger partial charge on any atom is 0.341 e. The molecular formula is C14H16ClNO4. The van der Waals surface area contributed by atoms with Gasteiger partial charge in [-0.15, -0.1) is 0 Å². The Morgan fingerprint density at radius 2 is 2.00 bits per heavy atom. The molecule has 1 aliphatic heterocycles. The van der Waals surface area contributed by atoms with Crippen molar-refractivity contribution >= 4 is 23.5 Å². The number of likely N-dealkylation sites (tertiary alicyclic amines) is 1. The molecule has 0 radical (unpaired) electrons.